The number of benzene rings is 1. The second-order valence-corrected chi connectivity index (χ2v) is 3.87. The Morgan fingerprint density at radius 1 is 1.35 bits per heavy atom. The van der Waals surface area contributed by atoms with E-state index in [1.807, 2.05) is 37.3 Å². The van der Waals surface area contributed by atoms with Crippen LogP contribution in [0.5, 0.6) is 0 Å². The fourth-order valence-corrected chi connectivity index (χ4v) is 1.56. The predicted molar refractivity (Wildman–Crippen MR) is 65.2 cm³/mol. The van der Waals surface area contributed by atoms with Gasteiger partial charge in [0.2, 0.25) is 5.91 Å². The normalized spacial score (nSPS) is 12.1. The molecule has 0 aliphatic carbocycles. The number of carbonyl (C=O) groups excluding carboxylic acids is 1. The number of nitrogens with one attached hydrogen (secondary N) is 1. The van der Waals surface area contributed by atoms with E-state index < -0.39 is 0 Å². The summed E-state index contributed by atoms with van der Waals surface area (Å²) in [6.07, 6.45) is 3.45. The topological polar surface area (TPSA) is 46.9 Å². The zero-order chi connectivity index (χ0) is 12.1. The van der Waals surface area contributed by atoms with Crippen LogP contribution >= 0.6 is 0 Å². The minimum Gasteiger partial charge on any atom is -0.350 e. The van der Waals surface area contributed by atoms with E-state index in [9.17, 15) is 4.79 Å². The van der Waals surface area contributed by atoms with Gasteiger partial charge in [0.25, 0.3) is 0 Å². The Labute approximate surface area is 100 Å². The number of nitrogens with zero attached hydrogens (tertiary/aromatic N) is 2. The SMILES string of the molecule is CC(C(=O)NCc1ccccc1)n1cccn1. The fraction of sp³-hybridized carbons (Fsp3) is 0.231. The molecule has 0 aliphatic heterocycles. The van der Waals surface area contributed by atoms with Crippen molar-refractivity contribution in [1.29, 1.82) is 0 Å². The molecule has 1 aromatic carbocycles. The van der Waals surface area contributed by atoms with E-state index in [2.05, 4.69) is 10.4 Å². The molecule has 1 aromatic heterocycles. The van der Waals surface area contributed by atoms with Gasteiger partial charge in [0.1, 0.15) is 6.04 Å². The Hall–Kier alpha value is -2.10. The van der Waals surface area contributed by atoms with Crippen LogP contribution < -0.4 is 5.32 Å². The minimum atomic E-state index is -0.284. The van der Waals surface area contributed by atoms with Crippen LogP contribution in [0.2, 0.25) is 0 Å². The average molecular weight is 229 g/mol. The summed E-state index contributed by atoms with van der Waals surface area (Å²) in [7, 11) is 0. The molecule has 0 fully saturated rings. The van der Waals surface area contributed by atoms with Gasteiger partial charge in [0.15, 0.2) is 0 Å². The first-order valence-corrected chi connectivity index (χ1v) is 5.58. The first-order valence-electron chi connectivity index (χ1n) is 5.58. The zero-order valence-electron chi connectivity index (χ0n) is 9.71. The molecule has 4 nitrogen and oxygen atoms in total. The van der Waals surface area contributed by atoms with Gasteiger partial charge in [0, 0.05) is 18.9 Å². The smallest absolute Gasteiger partial charge is 0.244 e. The third-order valence-electron chi connectivity index (χ3n) is 2.61. The van der Waals surface area contributed by atoms with Crippen molar-refractivity contribution in [3.63, 3.8) is 0 Å². The fourth-order valence-electron chi connectivity index (χ4n) is 1.56. The molecule has 0 saturated carbocycles. The molecule has 1 atom stereocenters. The van der Waals surface area contributed by atoms with Gasteiger partial charge >= 0.3 is 0 Å². The molecule has 4 heteroatoms. The number of rotatable bonds is 4. The lowest BCUT2D eigenvalue weighted by Crippen LogP contribution is -2.30. The summed E-state index contributed by atoms with van der Waals surface area (Å²) in [6.45, 7) is 2.37. The van der Waals surface area contributed by atoms with Gasteiger partial charge in [-0.05, 0) is 18.6 Å². The van der Waals surface area contributed by atoms with Crippen LogP contribution in [0, 0.1) is 0 Å². The molecule has 0 radical (unpaired) electrons. The molecule has 17 heavy (non-hydrogen) atoms. The summed E-state index contributed by atoms with van der Waals surface area (Å²) >= 11 is 0. The zero-order valence-corrected chi connectivity index (χ0v) is 9.71. The molecule has 2 rings (SSSR count). The lowest BCUT2D eigenvalue weighted by atomic mass is 10.2. The standard InChI is InChI=1S/C13H15N3O/c1-11(16-9-5-8-15-16)13(17)14-10-12-6-3-2-4-7-12/h2-9,11H,10H2,1H3,(H,14,17). The highest BCUT2D eigenvalue weighted by Crippen LogP contribution is 2.04. The Balaban J connectivity index is 1.90. The minimum absolute atomic E-state index is 0.0300. The third-order valence-corrected chi connectivity index (χ3v) is 2.61. The molecule has 0 spiro atoms. The largest absolute Gasteiger partial charge is 0.350 e. The van der Waals surface area contributed by atoms with E-state index in [1.165, 1.54) is 0 Å². The first-order chi connectivity index (χ1) is 8.27. The predicted octanol–water partition coefficient (Wildman–Crippen LogP) is 1.76. The molecule has 0 aliphatic rings. The molecule has 2 aromatic rings. The molecule has 0 bridgehead atoms. The number of hydrogen-bond donors (Lipinski definition) is 1. The van der Waals surface area contributed by atoms with Crippen molar-refractivity contribution < 1.29 is 4.79 Å². The number of carbonyl (C=O) groups is 1. The van der Waals surface area contributed by atoms with Crippen LogP contribution in [0.3, 0.4) is 0 Å². The summed E-state index contributed by atoms with van der Waals surface area (Å²) in [5.41, 5.74) is 1.09. The summed E-state index contributed by atoms with van der Waals surface area (Å²) in [5, 5.41) is 6.94. The van der Waals surface area contributed by atoms with Crippen molar-refractivity contribution in [3.05, 3.63) is 54.4 Å². The monoisotopic (exact) mass is 229 g/mol. The first kappa shape index (κ1) is 11.4. The van der Waals surface area contributed by atoms with Crippen molar-refractivity contribution in [2.24, 2.45) is 0 Å². The van der Waals surface area contributed by atoms with E-state index in [4.69, 9.17) is 0 Å². The number of hydrogen-bond acceptors (Lipinski definition) is 2. The van der Waals surface area contributed by atoms with Gasteiger partial charge in [-0.2, -0.15) is 5.10 Å². The van der Waals surface area contributed by atoms with Crippen molar-refractivity contribution in [2.75, 3.05) is 0 Å². The van der Waals surface area contributed by atoms with Gasteiger partial charge in [-0.3, -0.25) is 9.48 Å². The second kappa shape index (κ2) is 5.30. The van der Waals surface area contributed by atoms with E-state index in [1.54, 1.807) is 23.1 Å². The summed E-state index contributed by atoms with van der Waals surface area (Å²) in [5.74, 6) is -0.0300. The highest BCUT2D eigenvalue weighted by atomic mass is 16.2. The van der Waals surface area contributed by atoms with E-state index >= 15 is 0 Å². The van der Waals surface area contributed by atoms with Crippen LogP contribution in [-0.2, 0) is 11.3 Å². The maximum atomic E-state index is 11.8. The lowest BCUT2D eigenvalue weighted by Gasteiger charge is -2.12. The Bertz CT molecular complexity index is 465. The van der Waals surface area contributed by atoms with Gasteiger partial charge in [-0.1, -0.05) is 30.3 Å². The summed E-state index contributed by atoms with van der Waals surface area (Å²) in [4.78, 5) is 11.8. The molecule has 1 unspecified atom stereocenters. The third kappa shape index (κ3) is 2.93. The van der Waals surface area contributed by atoms with E-state index in [-0.39, 0.29) is 11.9 Å². The molecular weight excluding hydrogens is 214 g/mol. The molecule has 0 saturated heterocycles. The van der Waals surface area contributed by atoms with Crippen LogP contribution in [0.25, 0.3) is 0 Å². The second-order valence-electron chi connectivity index (χ2n) is 3.87. The molecule has 1 heterocycles. The summed E-state index contributed by atoms with van der Waals surface area (Å²) in [6, 6.07) is 11.4. The van der Waals surface area contributed by atoms with E-state index in [0.717, 1.165) is 5.56 Å². The number of amides is 1. The Kier molecular flexibility index (Phi) is 3.55. The highest BCUT2D eigenvalue weighted by molar-refractivity contribution is 5.79. The van der Waals surface area contributed by atoms with Crippen molar-refractivity contribution in [3.8, 4) is 0 Å². The quantitative estimate of drug-likeness (QED) is 0.868. The van der Waals surface area contributed by atoms with E-state index in [0.29, 0.717) is 6.54 Å². The van der Waals surface area contributed by atoms with Gasteiger partial charge in [-0.25, -0.2) is 0 Å². The lowest BCUT2D eigenvalue weighted by molar-refractivity contribution is -0.124. The molecular formula is C13H15N3O. The number of aromatic nitrogens is 2. The van der Waals surface area contributed by atoms with Gasteiger partial charge < -0.3 is 5.32 Å². The average Bonchev–Trinajstić information content (AvgIpc) is 2.90. The van der Waals surface area contributed by atoms with Crippen molar-refractivity contribution >= 4 is 5.91 Å². The van der Waals surface area contributed by atoms with Crippen molar-refractivity contribution in [2.45, 2.75) is 19.5 Å². The van der Waals surface area contributed by atoms with Crippen molar-refractivity contribution in [1.82, 2.24) is 15.1 Å². The Morgan fingerprint density at radius 2 is 2.12 bits per heavy atom. The molecule has 1 N–H and O–H groups in total. The van der Waals surface area contributed by atoms with Gasteiger partial charge in [0.05, 0.1) is 0 Å². The maximum absolute atomic E-state index is 11.8. The molecule has 1 amide bonds. The highest BCUT2D eigenvalue weighted by Gasteiger charge is 2.13. The Morgan fingerprint density at radius 3 is 2.76 bits per heavy atom. The maximum Gasteiger partial charge on any atom is 0.244 e. The van der Waals surface area contributed by atoms with Gasteiger partial charge in [-0.15, -0.1) is 0 Å². The van der Waals surface area contributed by atoms with Crippen LogP contribution in [0.1, 0.15) is 18.5 Å². The molecule has 88 valence electrons. The van der Waals surface area contributed by atoms with Crippen LogP contribution in [0.4, 0.5) is 0 Å². The van der Waals surface area contributed by atoms with Crippen LogP contribution in [-0.4, -0.2) is 15.7 Å². The summed E-state index contributed by atoms with van der Waals surface area (Å²) < 4.78 is 1.64. The van der Waals surface area contributed by atoms with Crippen LogP contribution in [0.15, 0.2) is 48.8 Å².